The molecule has 0 rings (SSSR count). The van der Waals surface area contributed by atoms with Gasteiger partial charge in [-0.1, -0.05) is 19.0 Å². The lowest BCUT2D eigenvalue weighted by Gasteiger charge is -2.14. The summed E-state index contributed by atoms with van der Waals surface area (Å²) in [7, 11) is 0. The van der Waals surface area contributed by atoms with Crippen LogP contribution in [0.2, 0.25) is 0 Å². The largest absolute Gasteiger partial charge is 0.409 e. The zero-order valence-corrected chi connectivity index (χ0v) is 8.90. The minimum absolute atomic E-state index is 0.114. The van der Waals surface area contributed by atoms with Crippen LogP contribution < -0.4 is 5.73 Å². The summed E-state index contributed by atoms with van der Waals surface area (Å²) in [5, 5.41) is 11.3. The van der Waals surface area contributed by atoms with E-state index >= 15 is 0 Å². The summed E-state index contributed by atoms with van der Waals surface area (Å²) in [4.78, 5) is 0. The fraction of sp³-hybridized carbons (Fsp3) is 0.889. The molecule has 0 radical (unpaired) electrons. The standard InChI is InChI=1S/C9H20N2O3/c1-3-5-13-6-7-14-8(4-2)9(10)11-12/h8,12H,3-7H2,1-2H3,(H2,10,11). The Labute approximate surface area is 84.9 Å². The van der Waals surface area contributed by atoms with Gasteiger partial charge in [-0.2, -0.15) is 0 Å². The molecule has 5 heteroatoms. The van der Waals surface area contributed by atoms with Gasteiger partial charge in [-0.05, 0) is 12.8 Å². The van der Waals surface area contributed by atoms with Crippen LogP contribution in [0.3, 0.4) is 0 Å². The molecule has 5 nitrogen and oxygen atoms in total. The predicted molar refractivity (Wildman–Crippen MR) is 54.5 cm³/mol. The molecule has 0 aromatic carbocycles. The normalized spacial score (nSPS) is 14.3. The Morgan fingerprint density at radius 1 is 1.36 bits per heavy atom. The van der Waals surface area contributed by atoms with E-state index in [9.17, 15) is 0 Å². The van der Waals surface area contributed by atoms with E-state index in [-0.39, 0.29) is 11.9 Å². The maximum Gasteiger partial charge on any atom is 0.168 e. The third-order valence-electron chi connectivity index (χ3n) is 1.71. The fourth-order valence-corrected chi connectivity index (χ4v) is 0.972. The van der Waals surface area contributed by atoms with E-state index in [0.29, 0.717) is 19.6 Å². The third kappa shape index (κ3) is 5.77. The zero-order chi connectivity index (χ0) is 10.8. The monoisotopic (exact) mass is 204 g/mol. The lowest BCUT2D eigenvalue weighted by Crippen LogP contribution is -2.32. The van der Waals surface area contributed by atoms with Crippen LogP contribution >= 0.6 is 0 Å². The van der Waals surface area contributed by atoms with Crippen LogP contribution in [0.25, 0.3) is 0 Å². The molecule has 0 aliphatic heterocycles. The van der Waals surface area contributed by atoms with Crippen molar-refractivity contribution in [2.24, 2.45) is 10.9 Å². The van der Waals surface area contributed by atoms with Crippen LogP contribution in [0.1, 0.15) is 26.7 Å². The van der Waals surface area contributed by atoms with Crippen LogP contribution in [0, 0.1) is 0 Å². The van der Waals surface area contributed by atoms with Gasteiger partial charge in [0.1, 0.15) is 6.10 Å². The third-order valence-corrected chi connectivity index (χ3v) is 1.71. The number of amidine groups is 1. The van der Waals surface area contributed by atoms with Crippen LogP contribution in [0.5, 0.6) is 0 Å². The first kappa shape index (κ1) is 13.2. The second-order valence-corrected chi connectivity index (χ2v) is 2.90. The van der Waals surface area contributed by atoms with Gasteiger partial charge in [0.2, 0.25) is 0 Å². The first-order valence-corrected chi connectivity index (χ1v) is 4.93. The van der Waals surface area contributed by atoms with E-state index in [1.54, 1.807) is 0 Å². The molecule has 3 N–H and O–H groups in total. The highest BCUT2D eigenvalue weighted by atomic mass is 16.5. The molecule has 14 heavy (non-hydrogen) atoms. The van der Waals surface area contributed by atoms with Crippen molar-refractivity contribution in [1.29, 1.82) is 0 Å². The molecule has 84 valence electrons. The van der Waals surface area contributed by atoms with Crippen molar-refractivity contribution >= 4 is 5.84 Å². The van der Waals surface area contributed by atoms with Crippen molar-refractivity contribution in [2.75, 3.05) is 19.8 Å². The quantitative estimate of drug-likeness (QED) is 0.203. The maximum absolute atomic E-state index is 8.43. The topological polar surface area (TPSA) is 77.1 Å². The summed E-state index contributed by atoms with van der Waals surface area (Å²) >= 11 is 0. The zero-order valence-electron chi connectivity index (χ0n) is 8.90. The molecule has 0 aromatic rings. The summed E-state index contributed by atoms with van der Waals surface area (Å²) in [5.74, 6) is 0.114. The van der Waals surface area contributed by atoms with Gasteiger partial charge in [-0.25, -0.2) is 0 Å². The van der Waals surface area contributed by atoms with Gasteiger partial charge >= 0.3 is 0 Å². The van der Waals surface area contributed by atoms with Gasteiger partial charge in [-0.3, -0.25) is 0 Å². The van der Waals surface area contributed by atoms with Crippen molar-refractivity contribution in [3.05, 3.63) is 0 Å². The second kappa shape index (κ2) is 8.77. The van der Waals surface area contributed by atoms with E-state index in [4.69, 9.17) is 20.4 Å². The minimum Gasteiger partial charge on any atom is -0.409 e. The maximum atomic E-state index is 8.43. The Morgan fingerprint density at radius 2 is 2.07 bits per heavy atom. The van der Waals surface area contributed by atoms with Crippen LogP contribution in [-0.4, -0.2) is 37.0 Å². The van der Waals surface area contributed by atoms with E-state index in [1.807, 2.05) is 13.8 Å². The van der Waals surface area contributed by atoms with Crippen molar-refractivity contribution in [2.45, 2.75) is 32.8 Å². The van der Waals surface area contributed by atoms with Crippen molar-refractivity contribution in [3.63, 3.8) is 0 Å². The Balaban J connectivity index is 3.53. The van der Waals surface area contributed by atoms with Crippen molar-refractivity contribution in [3.8, 4) is 0 Å². The number of nitrogens with zero attached hydrogens (tertiary/aromatic N) is 1. The van der Waals surface area contributed by atoms with Gasteiger partial charge in [0.15, 0.2) is 5.84 Å². The molecule has 0 aliphatic carbocycles. The molecule has 0 amide bonds. The molecule has 0 aromatic heterocycles. The van der Waals surface area contributed by atoms with Crippen molar-refractivity contribution in [1.82, 2.24) is 0 Å². The summed E-state index contributed by atoms with van der Waals surface area (Å²) in [6, 6.07) is 0. The summed E-state index contributed by atoms with van der Waals surface area (Å²) in [5.41, 5.74) is 5.40. The Bertz CT molecular complexity index is 162. The highest BCUT2D eigenvalue weighted by Gasteiger charge is 2.11. The summed E-state index contributed by atoms with van der Waals surface area (Å²) in [6.45, 7) is 5.71. The molecular formula is C9H20N2O3. The number of hydrogen-bond donors (Lipinski definition) is 2. The number of oxime groups is 1. The van der Waals surface area contributed by atoms with Gasteiger partial charge in [0.05, 0.1) is 13.2 Å². The molecule has 0 saturated carbocycles. The molecular weight excluding hydrogens is 184 g/mol. The Hall–Kier alpha value is -0.810. The number of hydrogen-bond acceptors (Lipinski definition) is 4. The first-order chi connectivity index (χ1) is 6.76. The predicted octanol–water partition coefficient (Wildman–Crippen LogP) is 0.955. The Morgan fingerprint density at radius 3 is 2.57 bits per heavy atom. The number of nitrogens with two attached hydrogens (primary N) is 1. The van der Waals surface area contributed by atoms with Crippen LogP contribution in [-0.2, 0) is 9.47 Å². The average molecular weight is 204 g/mol. The van der Waals surface area contributed by atoms with E-state index in [2.05, 4.69) is 5.16 Å². The molecule has 0 spiro atoms. The summed E-state index contributed by atoms with van der Waals surface area (Å²) in [6.07, 6.45) is 1.37. The average Bonchev–Trinajstić information content (AvgIpc) is 2.22. The summed E-state index contributed by atoms with van der Waals surface area (Å²) < 4.78 is 10.6. The minimum atomic E-state index is -0.315. The van der Waals surface area contributed by atoms with Crippen molar-refractivity contribution < 1.29 is 14.7 Å². The molecule has 1 atom stereocenters. The number of rotatable bonds is 8. The smallest absolute Gasteiger partial charge is 0.168 e. The molecule has 0 aliphatic rings. The second-order valence-electron chi connectivity index (χ2n) is 2.90. The number of ether oxygens (including phenoxy) is 2. The highest BCUT2D eigenvalue weighted by Crippen LogP contribution is 1.97. The SMILES string of the molecule is CCCOCCOC(CC)C(N)=NO. The van der Waals surface area contributed by atoms with E-state index in [1.165, 1.54) is 0 Å². The van der Waals surface area contributed by atoms with Gasteiger partial charge in [-0.15, -0.1) is 0 Å². The molecule has 0 bridgehead atoms. The fourth-order valence-electron chi connectivity index (χ4n) is 0.972. The van der Waals surface area contributed by atoms with Gasteiger partial charge in [0.25, 0.3) is 0 Å². The molecule has 0 heterocycles. The Kier molecular flexibility index (Phi) is 8.27. The van der Waals surface area contributed by atoms with Crippen LogP contribution in [0.15, 0.2) is 5.16 Å². The van der Waals surface area contributed by atoms with Gasteiger partial charge < -0.3 is 20.4 Å². The molecule has 1 unspecified atom stereocenters. The van der Waals surface area contributed by atoms with E-state index < -0.39 is 0 Å². The van der Waals surface area contributed by atoms with Gasteiger partial charge in [0, 0.05) is 6.61 Å². The molecule has 0 saturated heterocycles. The highest BCUT2D eigenvalue weighted by molar-refractivity contribution is 5.84. The lowest BCUT2D eigenvalue weighted by atomic mass is 10.2. The molecule has 0 fully saturated rings. The van der Waals surface area contributed by atoms with Crippen LogP contribution in [0.4, 0.5) is 0 Å². The van der Waals surface area contributed by atoms with E-state index in [0.717, 1.165) is 13.0 Å². The lowest BCUT2D eigenvalue weighted by molar-refractivity contribution is 0.0277. The first-order valence-electron chi connectivity index (χ1n) is 4.93.